The number of rotatable bonds is 2. The maximum absolute atomic E-state index is 11.0. The molecule has 1 unspecified atom stereocenters. The highest BCUT2D eigenvalue weighted by atomic mass is 16.6. The summed E-state index contributed by atoms with van der Waals surface area (Å²) in [6.07, 6.45) is 2.80. The summed E-state index contributed by atoms with van der Waals surface area (Å²) in [4.78, 5) is 13.9. The first kappa shape index (κ1) is 10.1. The Bertz CT molecular complexity index is 603. The molecule has 0 radical (unpaired) electrons. The van der Waals surface area contributed by atoms with Gasteiger partial charge in [-0.1, -0.05) is 0 Å². The Hall–Kier alpha value is -2.04. The SMILES string of the molecule is COc1ccc2[nH]cc3c2c1CC([N+](=O)[O-])C3. The maximum atomic E-state index is 11.0. The molecule has 0 saturated heterocycles. The first-order chi connectivity index (χ1) is 8.20. The van der Waals surface area contributed by atoms with Crippen LogP contribution in [0.3, 0.4) is 0 Å². The van der Waals surface area contributed by atoms with Crippen LogP contribution in [-0.4, -0.2) is 23.1 Å². The predicted octanol–water partition coefficient (Wildman–Crippen LogP) is 1.92. The maximum Gasteiger partial charge on any atom is 0.221 e. The third-order valence-corrected chi connectivity index (χ3v) is 3.41. The van der Waals surface area contributed by atoms with E-state index >= 15 is 0 Å². The molecule has 17 heavy (non-hydrogen) atoms. The standard InChI is InChI=1S/C12H12N2O3/c1-17-11-3-2-10-12-7(6-13-10)4-8(14(15)16)5-9(11)12/h2-3,6,8,13H,4-5H2,1H3. The van der Waals surface area contributed by atoms with E-state index < -0.39 is 6.04 Å². The summed E-state index contributed by atoms with van der Waals surface area (Å²) in [5.41, 5.74) is 2.99. The molecule has 0 bridgehead atoms. The average Bonchev–Trinajstić information content (AvgIpc) is 2.74. The Balaban J connectivity index is 2.23. The Morgan fingerprint density at radius 2 is 2.29 bits per heavy atom. The Morgan fingerprint density at radius 3 is 3.00 bits per heavy atom. The van der Waals surface area contributed by atoms with E-state index in [2.05, 4.69) is 4.98 Å². The molecule has 0 aliphatic heterocycles. The van der Waals surface area contributed by atoms with Crippen molar-refractivity contribution in [2.45, 2.75) is 18.9 Å². The van der Waals surface area contributed by atoms with E-state index in [0.717, 1.165) is 27.8 Å². The van der Waals surface area contributed by atoms with Gasteiger partial charge < -0.3 is 9.72 Å². The molecule has 5 heteroatoms. The molecule has 1 N–H and O–H groups in total. The number of benzene rings is 1. The zero-order valence-electron chi connectivity index (χ0n) is 9.40. The molecule has 5 nitrogen and oxygen atoms in total. The van der Waals surface area contributed by atoms with Crippen molar-refractivity contribution in [1.29, 1.82) is 0 Å². The second-order valence-corrected chi connectivity index (χ2v) is 4.33. The molecule has 3 rings (SSSR count). The van der Waals surface area contributed by atoms with Gasteiger partial charge in [-0.3, -0.25) is 10.1 Å². The third kappa shape index (κ3) is 1.39. The molecule has 1 aromatic carbocycles. The number of nitrogens with zero attached hydrogens (tertiary/aromatic N) is 1. The van der Waals surface area contributed by atoms with E-state index in [4.69, 9.17) is 4.74 Å². The van der Waals surface area contributed by atoms with E-state index in [0.29, 0.717) is 12.8 Å². The van der Waals surface area contributed by atoms with E-state index in [-0.39, 0.29) is 4.92 Å². The number of aromatic nitrogens is 1. The predicted molar refractivity (Wildman–Crippen MR) is 63.0 cm³/mol. The van der Waals surface area contributed by atoms with Crippen LogP contribution < -0.4 is 4.74 Å². The van der Waals surface area contributed by atoms with Crippen molar-refractivity contribution in [2.24, 2.45) is 0 Å². The van der Waals surface area contributed by atoms with Crippen LogP contribution in [0.5, 0.6) is 5.75 Å². The fourth-order valence-electron chi connectivity index (χ4n) is 2.62. The third-order valence-electron chi connectivity index (χ3n) is 3.41. The highest BCUT2D eigenvalue weighted by Gasteiger charge is 2.31. The van der Waals surface area contributed by atoms with Crippen molar-refractivity contribution in [3.63, 3.8) is 0 Å². The minimum absolute atomic E-state index is 0.200. The van der Waals surface area contributed by atoms with Crippen LogP contribution in [0.25, 0.3) is 10.9 Å². The minimum Gasteiger partial charge on any atom is -0.496 e. The molecular formula is C12H12N2O3. The van der Waals surface area contributed by atoms with Crippen molar-refractivity contribution < 1.29 is 9.66 Å². The van der Waals surface area contributed by atoms with Crippen LogP contribution in [-0.2, 0) is 12.8 Å². The molecule has 1 aromatic heterocycles. The summed E-state index contributed by atoms with van der Waals surface area (Å²) in [6, 6.07) is 3.27. The summed E-state index contributed by atoms with van der Waals surface area (Å²) in [6.45, 7) is 0. The van der Waals surface area contributed by atoms with Gasteiger partial charge >= 0.3 is 0 Å². The van der Waals surface area contributed by atoms with Gasteiger partial charge in [-0.05, 0) is 17.7 Å². The highest BCUT2D eigenvalue weighted by Crippen LogP contribution is 2.36. The van der Waals surface area contributed by atoms with Crippen molar-refractivity contribution in [3.8, 4) is 5.75 Å². The van der Waals surface area contributed by atoms with Gasteiger partial charge in [0.15, 0.2) is 0 Å². The minimum atomic E-state index is -0.544. The van der Waals surface area contributed by atoms with Gasteiger partial charge in [0.1, 0.15) is 5.75 Å². The Labute approximate surface area is 97.5 Å². The molecule has 1 heterocycles. The fourth-order valence-corrected chi connectivity index (χ4v) is 2.62. The molecule has 0 saturated carbocycles. The monoisotopic (exact) mass is 232 g/mol. The van der Waals surface area contributed by atoms with Gasteiger partial charge in [-0.2, -0.15) is 0 Å². The lowest BCUT2D eigenvalue weighted by molar-refractivity contribution is -0.521. The molecule has 0 fully saturated rings. The average molecular weight is 232 g/mol. The van der Waals surface area contributed by atoms with Gasteiger partial charge in [0.05, 0.1) is 7.11 Å². The van der Waals surface area contributed by atoms with Gasteiger partial charge in [0.2, 0.25) is 6.04 Å². The number of ether oxygens (including phenoxy) is 1. The lowest BCUT2D eigenvalue weighted by atomic mass is 9.89. The van der Waals surface area contributed by atoms with Crippen LogP contribution >= 0.6 is 0 Å². The highest BCUT2D eigenvalue weighted by molar-refractivity contribution is 5.89. The number of nitrogens with one attached hydrogen (secondary N) is 1. The lowest BCUT2D eigenvalue weighted by Crippen LogP contribution is -2.27. The first-order valence-electron chi connectivity index (χ1n) is 5.50. The van der Waals surface area contributed by atoms with Gasteiger partial charge in [0.25, 0.3) is 0 Å². The van der Waals surface area contributed by atoms with Crippen LogP contribution in [0.4, 0.5) is 0 Å². The lowest BCUT2D eigenvalue weighted by Gasteiger charge is -2.18. The van der Waals surface area contributed by atoms with Crippen LogP contribution in [0.15, 0.2) is 18.3 Å². The summed E-state index contributed by atoms with van der Waals surface area (Å²) in [5, 5.41) is 12.1. The first-order valence-corrected chi connectivity index (χ1v) is 5.50. The van der Waals surface area contributed by atoms with E-state index in [1.54, 1.807) is 7.11 Å². The second kappa shape index (κ2) is 3.48. The molecule has 88 valence electrons. The molecule has 1 aliphatic carbocycles. The topological polar surface area (TPSA) is 68.2 Å². The smallest absolute Gasteiger partial charge is 0.221 e. The molecular weight excluding hydrogens is 220 g/mol. The van der Waals surface area contributed by atoms with E-state index in [1.165, 1.54) is 0 Å². The molecule has 1 aliphatic rings. The second-order valence-electron chi connectivity index (χ2n) is 4.33. The zero-order chi connectivity index (χ0) is 12.0. The Morgan fingerprint density at radius 1 is 1.47 bits per heavy atom. The number of aromatic amines is 1. The van der Waals surface area contributed by atoms with E-state index in [9.17, 15) is 10.1 Å². The molecule has 0 spiro atoms. The van der Waals surface area contributed by atoms with Crippen molar-refractivity contribution in [3.05, 3.63) is 39.6 Å². The number of methoxy groups -OCH3 is 1. The van der Waals surface area contributed by atoms with Gasteiger partial charge in [0, 0.05) is 40.4 Å². The fraction of sp³-hybridized carbons (Fsp3) is 0.333. The van der Waals surface area contributed by atoms with Crippen molar-refractivity contribution in [1.82, 2.24) is 4.98 Å². The Kier molecular flexibility index (Phi) is 2.07. The zero-order valence-corrected chi connectivity index (χ0v) is 9.40. The molecule has 0 amide bonds. The summed E-state index contributed by atoms with van der Waals surface area (Å²) in [7, 11) is 1.60. The van der Waals surface area contributed by atoms with Crippen LogP contribution in [0, 0.1) is 10.1 Å². The van der Waals surface area contributed by atoms with E-state index in [1.807, 2.05) is 18.3 Å². The summed E-state index contributed by atoms with van der Waals surface area (Å²) < 4.78 is 5.29. The molecule has 1 atom stereocenters. The number of hydrogen-bond donors (Lipinski definition) is 1. The summed E-state index contributed by atoms with van der Waals surface area (Å²) >= 11 is 0. The van der Waals surface area contributed by atoms with Gasteiger partial charge in [-0.25, -0.2) is 0 Å². The van der Waals surface area contributed by atoms with Crippen LogP contribution in [0.1, 0.15) is 11.1 Å². The normalized spacial score (nSPS) is 18.3. The number of H-pyrrole nitrogens is 1. The van der Waals surface area contributed by atoms with Gasteiger partial charge in [-0.15, -0.1) is 0 Å². The largest absolute Gasteiger partial charge is 0.496 e. The quantitative estimate of drug-likeness (QED) is 0.635. The molecule has 2 aromatic rings. The van der Waals surface area contributed by atoms with Crippen molar-refractivity contribution in [2.75, 3.05) is 7.11 Å². The van der Waals surface area contributed by atoms with Crippen molar-refractivity contribution >= 4 is 10.9 Å². The number of nitro groups is 1. The number of hydrogen-bond acceptors (Lipinski definition) is 3. The van der Waals surface area contributed by atoms with Crippen LogP contribution in [0.2, 0.25) is 0 Å². The summed E-state index contributed by atoms with van der Waals surface area (Å²) in [5.74, 6) is 0.741.